The Morgan fingerprint density at radius 1 is 1.19 bits per heavy atom. The van der Waals surface area contributed by atoms with Gasteiger partial charge in [0.1, 0.15) is 10.8 Å². The molecule has 6 heteroatoms. The van der Waals surface area contributed by atoms with Crippen LogP contribution in [0.3, 0.4) is 0 Å². The molecular weight excluding hydrogens is 307 g/mol. The lowest BCUT2D eigenvalue weighted by Gasteiger charge is -2.03. The largest absolute Gasteiger partial charge is 0.326 e. The van der Waals surface area contributed by atoms with Gasteiger partial charge in [-0.25, -0.2) is 9.37 Å². The smallest absolute Gasteiger partial charge is 0.230 e. The van der Waals surface area contributed by atoms with Gasteiger partial charge in [0.15, 0.2) is 0 Å². The Morgan fingerprint density at radius 2 is 2.00 bits per heavy atom. The second kappa shape index (κ2) is 6.15. The predicted octanol–water partition coefficient (Wildman–Crippen LogP) is 4.19. The second-order valence-electron chi connectivity index (χ2n) is 4.35. The van der Waals surface area contributed by atoms with E-state index in [9.17, 15) is 9.18 Å². The van der Waals surface area contributed by atoms with Crippen LogP contribution in [0.2, 0.25) is 0 Å². The van der Waals surface area contributed by atoms with E-state index in [-0.39, 0.29) is 18.1 Å². The minimum Gasteiger partial charge on any atom is -0.326 e. The first-order valence-electron chi connectivity index (χ1n) is 6.24. The van der Waals surface area contributed by atoms with Gasteiger partial charge < -0.3 is 5.32 Å². The predicted molar refractivity (Wildman–Crippen MR) is 84.2 cm³/mol. The van der Waals surface area contributed by atoms with Crippen LogP contribution in [0.25, 0.3) is 9.88 Å². The van der Waals surface area contributed by atoms with Gasteiger partial charge in [-0.3, -0.25) is 4.79 Å². The lowest BCUT2D eigenvalue weighted by molar-refractivity contribution is -0.115. The highest BCUT2D eigenvalue weighted by Crippen LogP contribution is 2.27. The molecule has 0 fully saturated rings. The lowest BCUT2D eigenvalue weighted by atomic mass is 10.3. The van der Waals surface area contributed by atoms with Crippen molar-refractivity contribution in [3.63, 3.8) is 0 Å². The number of aromatic nitrogens is 1. The number of thiazole rings is 1. The fraction of sp³-hybridized carbons (Fsp3) is 0.0667. The Hall–Kier alpha value is -2.05. The van der Waals surface area contributed by atoms with Crippen molar-refractivity contribution >= 4 is 34.3 Å². The van der Waals surface area contributed by atoms with Crippen LogP contribution in [0.15, 0.2) is 47.2 Å². The van der Waals surface area contributed by atoms with Gasteiger partial charge in [-0.15, -0.1) is 22.7 Å². The summed E-state index contributed by atoms with van der Waals surface area (Å²) in [5, 5.41) is 7.53. The number of nitrogens with one attached hydrogen (secondary N) is 1. The number of rotatable bonds is 4. The minimum atomic E-state index is -0.326. The van der Waals surface area contributed by atoms with Crippen molar-refractivity contribution in [1.29, 1.82) is 0 Å². The molecule has 0 aliphatic carbocycles. The molecule has 3 aromatic rings. The molecule has 0 aliphatic heterocycles. The summed E-state index contributed by atoms with van der Waals surface area (Å²) >= 11 is 3.15. The van der Waals surface area contributed by atoms with Gasteiger partial charge in [-0.1, -0.05) is 6.07 Å². The van der Waals surface area contributed by atoms with Crippen LogP contribution in [-0.2, 0) is 11.2 Å². The zero-order valence-electron chi connectivity index (χ0n) is 10.9. The molecular formula is C15H11FN2OS2. The molecule has 3 rings (SSSR count). The summed E-state index contributed by atoms with van der Waals surface area (Å²) < 4.78 is 12.8. The number of benzene rings is 1. The Labute approximate surface area is 129 Å². The van der Waals surface area contributed by atoms with E-state index in [0.717, 1.165) is 15.6 Å². The SMILES string of the molecule is O=C(Cc1csc(-c2cccs2)n1)Nc1ccc(F)cc1. The molecule has 1 amide bonds. The van der Waals surface area contributed by atoms with Crippen molar-refractivity contribution in [1.82, 2.24) is 4.98 Å². The third kappa shape index (κ3) is 3.53. The Bertz CT molecular complexity index is 735. The van der Waals surface area contributed by atoms with Gasteiger partial charge in [0.25, 0.3) is 0 Å². The van der Waals surface area contributed by atoms with Crippen molar-refractivity contribution < 1.29 is 9.18 Å². The number of carbonyl (C=O) groups excluding carboxylic acids is 1. The van der Waals surface area contributed by atoms with E-state index >= 15 is 0 Å². The maximum atomic E-state index is 12.8. The summed E-state index contributed by atoms with van der Waals surface area (Å²) in [5.41, 5.74) is 1.32. The van der Waals surface area contributed by atoms with Gasteiger partial charge >= 0.3 is 0 Å². The van der Waals surface area contributed by atoms with Crippen molar-refractivity contribution in [3.05, 3.63) is 58.7 Å². The number of amides is 1. The first-order chi connectivity index (χ1) is 10.2. The summed E-state index contributed by atoms with van der Waals surface area (Å²) in [7, 11) is 0. The van der Waals surface area contributed by atoms with Crippen LogP contribution in [0.4, 0.5) is 10.1 Å². The number of thiophene rings is 1. The molecule has 1 N–H and O–H groups in total. The summed E-state index contributed by atoms with van der Waals surface area (Å²) in [5.74, 6) is -0.488. The maximum absolute atomic E-state index is 12.8. The fourth-order valence-corrected chi connectivity index (χ4v) is 3.44. The van der Waals surface area contributed by atoms with Crippen LogP contribution < -0.4 is 5.32 Å². The van der Waals surface area contributed by atoms with Crippen LogP contribution in [0.5, 0.6) is 0 Å². The van der Waals surface area contributed by atoms with Crippen molar-refractivity contribution in [2.24, 2.45) is 0 Å². The second-order valence-corrected chi connectivity index (χ2v) is 6.16. The zero-order chi connectivity index (χ0) is 14.7. The van der Waals surface area contributed by atoms with Crippen molar-refractivity contribution in [2.45, 2.75) is 6.42 Å². The van der Waals surface area contributed by atoms with Crippen LogP contribution in [0, 0.1) is 5.82 Å². The number of anilines is 1. The van der Waals surface area contributed by atoms with E-state index in [1.54, 1.807) is 11.3 Å². The molecule has 0 spiro atoms. The standard InChI is InChI=1S/C15H11FN2OS2/c16-10-3-5-11(6-4-10)17-14(19)8-12-9-21-15(18-12)13-2-1-7-20-13/h1-7,9H,8H2,(H,17,19). The molecule has 0 atom stereocenters. The average molecular weight is 318 g/mol. The first-order valence-corrected chi connectivity index (χ1v) is 8.00. The molecule has 106 valence electrons. The van der Waals surface area contributed by atoms with Gasteiger partial charge in [0, 0.05) is 11.1 Å². The summed E-state index contributed by atoms with van der Waals surface area (Å²) in [6.45, 7) is 0. The maximum Gasteiger partial charge on any atom is 0.230 e. The Morgan fingerprint density at radius 3 is 2.71 bits per heavy atom. The molecule has 0 unspecified atom stereocenters. The molecule has 0 radical (unpaired) electrons. The van der Waals surface area contributed by atoms with E-state index in [1.165, 1.54) is 35.6 Å². The van der Waals surface area contributed by atoms with E-state index in [0.29, 0.717) is 5.69 Å². The average Bonchev–Trinajstić information content (AvgIpc) is 3.12. The molecule has 2 heterocycles. The van der Waals surface area contributed by atoms with E-state index < -0.39 is 0 Å². The molecule has 1 aromatic carbocycles. The van der Waals surface area contributed by atoms with Gasteiger partial charge in [0.05, 0.1) is 17.0 Å². The number of carbonyl (C=O) groups is 1. The van der Waals surface area contributed by atoms with Crippen LogP contribution in [-0.4, -0.2) is 10.9 Å². The molecule has 21 heavy (non-hydrogen) atoms. The van der Waals surface area contributed by atoms with Crippen molar-refractivity contribution in [2.75, 3.05) is 5.32 Å². The normalized spacial score (nSPS) is 10.5. The molecule has 0 aliphatic rings. The van der Waals surface area contributed by atoms with Crippen molar-refractivity contribution in [3.8, 4) is 9.88 Å². The fourth-order valence-electron chi connectivity index (χ4n) is 1.80. The number of nitrogens with zero attached hydrogens (tertiary/aromatic N) is 1. The summed E-state index contributed by atoms with van der Waals surface area (Å²) in [6.07, 6.45) is 0.208. The van der Waals surface area contributed by atoms with E-state index in [1.807, 2.05) is 22.9 Å². The van der Waals surface area contributed by atoms with Gasteiger partial charge in [-0.05, 0) is 35.7 Å². The molecule has 2 aromatic heterocycles. The number of halogens is 1. The summed E-state index contributed by atoms with van der Waals surface area (Å²) in [4.78, 5) is 17.5. The zero-order valence-corrected chi connectivity index (χ0v) is 12.5. The highest BCUT2D eigenvalue weighted by Gasteiger charge is 2.10. The third-order valence-corrected chi connectivity index (χ3v) is 4.68. The molecule has 0 saturated carbocycles. The van der Waals surface area contributed by atoms with Crippen LogP contribution in [0.1, 0.15) is 5.69 Å². The molecule has 0 saturated heterocycles. The number of hydrogen-bond acceptors (Lipinski definition) is 4. The van der Waals surface area contributed by atoms with Crippen LogP contribution >= 0.6 is 22.7 Å². The quantitative estimate of drug-likeness (QED) is 0.783. The van der Waals surface area contributed by atoms with Gasteiger partial charge in [-0.2, -0.15) is 0 Å². The summed E-state index contributed by atoms with van der Waals surface area (Å²) in [6, 6.07) is 9.67. The molecule has 3 nitrogen and oxygen atoms in total. The minimum absolute atomic E-state index is 0.162. The van der Waals surface area contributed by atoms with Gasteiger partial charge in [0.2, 0.25) is 5.91 Å². The number of hydrogen-bond donors (Lipinski definition) is 1. The van der Waals surface area contributed by atoms with E-state index in [4.69, 9.17) is 0 Å². The third-order valence-electron chi connectivity index (χ3n) is 2.75. The lowest BCUT2D eigenvalue weighted by Crippen LogP contribution is -2.14. The first kappa shape index (κ1) is 13.9. The van der Waals surface area contributed by atoms with E-state index in [2.05, 4.69) is 10.3 Å². The Kier molecular flexibility index (Phi) is 4.08. The topological polar surface area (TPSA) is 42.0 Å². The highest BCUT2D eigenvalue weighted by atomic mass is 32.1. The highest BCUT2D eigenvalue weighted by molar-refractivity contribution is 7.20. The molecule has 0 bridgehead atoms. The monoisotopic (exact) mass is 318 g/mol. The Balaban J connectivity index is 1.64.